The van der Waals surface area contributed by atoms with Gasteiger partial charge in [0, 0.05) is 65.0 Å². The van der Waals surface area contributed by atoms with E-state index in [-0.39, 0.29) is 83.2 Å². The van der Waals surface area contributed by atoms with Crippen LogP contribution in [-0.2, 0) is 76.0 Å². The zero-order chi connectivity index (χ0) is 77.7. The minimum atomic E-state index is -0.279. The molecule has 0 aromatic heterocycles. The van der Waals surface area contributed by atoms with Crippen molar-refractivity contribution < 1.29 is 48.3 Å². The number of carbonyl (C=O) groups is 4. The fourth-order valence-corrected chi connectivity index (χ4v) is 14.1. The monoisotopic (exact) mass is 1470 g/mol. The molecule has 1 aliphatic carbocycles. The Morgan fingerprint density at radius 3 is 0.811 bits per heavy atom. The summed E-state index contributed by atoms with van der Waals surface area (Å²) in [6, 6.07) is 17.6. The van der Waals surface area contributed by atoms with Gasteiger partial charge >= 0.3 is 0 Å². The first-order chi connectivity index (χ1) is 50.5. The molecular weight excluding hydrogens is 1320 g/mol. The van der Waals surface area contributed by atoms with Gasteiger partial charge in [-0.1, -0.05) is 288 Å². The SMILES string of the molecule is CCCCCCCCN(CCCCCCCC)C(=O)COCC(=O)NCCCCOc1c2cc(C(C)(C)C)cc1Cc1cc(C(C)(C)C)cc(c1O)Cc1cc(C(C)(C)C)cc(c1OCCCCNC(=O)COCC(=O)N(CCCCCCCC)CCCCCCCC)Cc1cc(C(C)(C)C)cc(c1O)C2. The third kappa shape index (κ3) is 32.6. The van der Waals surface area contributed by atoms with Crippen molar-refractivity contribution in [3.05, 3.63) is 115 Å². The molecule has 0 saturated heterocycles. The number of benzene rings is 4. The molecule has 5 rings (SSSR count). The van der Waals surface area contributed by atoms with Crippen LogP contribution in [0.25, 0.3) is 0 Å². The van der Waals surface area contributed by atoms with E-state index < -0.39 is 0 Å². The first-order valence-electron chi connectivity index (χ1n) is 42.0. The molecule has 0 unspecified atom stereocenters. The summed E-state index contributed by atoms with van der Waals surface area (Å²) in [5.41, 5.74) is 10.2. The highest BCUT2D eigenvalue weighted by atomic mass is 16.5. The molecule has 0 fully saturated rings. The van der Waals surface area contributed by atoms with Gasteiger partial charge in [0.15, 0.2) is 0 Å². The molecule has 8 bridgehead atoms. The molecule has 0 saturated carbocycles. The number of phenols is 2. The molecule has 596 valence electrons. The van der Waals surface area contributed by atoms with Crippen molar-refractivity contribution >= 4 is 23.6 Å². The summed E-state index contributed by atoms with van der Waals surface area (Å²) in [6.07, 6.45) is 31.9. The van der Waals surface area contributed by atoms with E-state index >= 15 is 0 Å². The molecule has 0 atom stereocenters. The second-order valence-corrected chi connectivity index (χ2v) is 34.9. The van der Waals surface area contributed by atoms with E-state index in [1.54, 1.807) is 0 Å². The van der Waals surface area contributed by atoms with Crippen molar-refractivity contribution in [3.63, 3.8) is 0 Å². The topological polar surface area (TPSA) is 176 Å². The molecule has 4 aromatic carbocycles. The van der Waals surface area contributed by atoms with E-state index in [0.717, 1.165) is 156 Å². The highest BCUT2D eigenvalue weighted by Gasteiger charge is 2.30. The van der Waals surface area contributed by atoms with Gasteiger partial charge in [0.1, 0.15) is 49.4 Å². The quantitative estimate of drug-likeness (QED) is 0.0274. The number of unbranched alkanes of at least 4 members (excludes halogenated alkanes) is 22. The zero-order valence-corrected chi connectivity index (χ0v) is 69.8. The van der Waals surface area contributed by atoms with Gasteiger partial charge in [-0.3, -0.25) is 19.2 Å². The van der Waals surface area contributed by atoms with Crippen molar-refractivity contribution in [2.24, 2.45) is 0 Å². The van der Waals surface area contributed by atoms with E-state index in [1.807, 2.05) is 9.80 Å². The van der Waals surface area contributed by atoms with Crippen molar-refractivity contribution in [2.75, 3.05) is 78.9 Å². The Morgan fingerprint density at radius 1 is 0.330 bits per heavy atom. The maximum Gasteiger partial charge on any atom is 0.248 e. The normalized spacial score (nSPS) is 12.7. The van der Waals surface area contributed by atoms with Crippen LogP contribution >= 0.6 is 0 Å². The molecule has 0 radical (unpaired) electrons. The summed E-state index contributed by atoms with van der Waals surface area (Å²) in [6.45, 7) is 39.4. The molecule has 106 heavy (non-hydrogen) atoms. The standard InChI is InChI=1S/C92H148N4O10/c1-17-21-25-29-33-39-47-95(48-40-34-30-26-22-18-2)83(99)67-103-65-81(97)93-45-37-43-51-105-87-73-53-69-57-77(89(5,6)7)59-71(85(69)101)55-75-63-80(92(14,15)16)64-76(56-72-60-78(90(8,9)10)58-70(86(72)102)54-74(87)62-79(61-73)91(11,12)13)88(75)106-52-44-38-46-94-82(98)66-104-68-84(100)96(49-41-35-31-27-23-19-3)50-42-36-32-28-24-20-4/h57-64,101-102H,17-56,65-68H2,1-16H3,(H,93,97)(H,94,98). The second kappa shape index (κ2) is 47.1. The van der Waals surface area contributed by atoms with Crippen molar-refractivity contribution in [1.82, 2.24) is 20.4 Å². The third-order valence-corrected chi connectivity index (χ3v) is 21.0. The number of carbonyl (C=O) groups excluding carboxylic acids is 4. The Kier molecular flexibility index (Phi) is 40.2. The minimum absolute atomic E-state index is 0.0481. The van der Waals surface area contributed by atoms with Gasteiger partial charge in [0.2, 0.25) is 23.6 Å². The van der Waals surface area contributed by atoms with E-state index in [9.17, 15) is 29.4 Å². The lowest BCUT2D eigenvalue weighted by molar-refractivity contribution is -0.139. The Labute approximate surface area is 644 Å². The smallest absolute Gasteiger partial charge is 0.248 e. The Morgan fingerprint density at radius 2 is 0.566 bits per heavy atom. The van der Waals surface area contributed by atoms with Gasteiger partial charge < -0.3 is 49.6 Å². The average molecular weight is 1470 g/mol. The maximum absolute atomic E-state index is 13.5. The van der Waals surface area contributed by atoms with Gasteiger partial charge in [-0.05, 0) is 140 Å². The molecule has 4 amide bonds. The third-order valence-electron chi connectivity index (χ3n) is 21.0. The van der Waals surface area contributed by atoms with Crippen molar-refractivity contribution in [1.29, 1.82) is 0 Å². The van der Waals surface area contributed by atoms with Gasteiger partial charge in [-0.25, -0.2) is 0 Å². The van der Waals surface area contributed by atoms with Gasteiger partial charge in [-0.2, -0.15) is 0 Å². The minimum Gasteiger partial charge on any atom is -0.507 e. The van der Waals surface area contributed by atoms with Crippen molar-refractivity contribution in [2.45, 2.75) is 338 Å². The van der Waals surface area contributed by atoms with Crippen LogP contribution in [0.4, 0.5) is 0 Å². The van der Waals surface area contributed by atoms with Crippen LogP contribution < -0.4 is 20.1 Å². The van der Waals surface area contributed by atoms with E-state index in [4.69, 9.17) is 18.9 Å². The molecule has 0 spiro atoms. The summed E-state index contributed by atoms with van der Waals surface area (Å²) in [5, 5.41) is 31.9. The number of fused-ring (bicyclic) bond motifs is 8. The summed E-state index contributed by atoms with van der Waals surface area (Å²) >= 11 is 0. The lowest BCUT2D eigenvalue weighted by Crippen LogP contribution is -2.37. The average Bonchev–Trinajstić information content (AvgIpc) is 0.767. The fraction of sp³-hybridized carbons (Fsp3) is 0.696. The largest absolute Gasteiger partial charge is 0.507 e. The summed E-state index contributed by atoms with van der Waals surface area (Å²) < 4.78 is 25.7. The molecule has 4 aromatic rings. The number of ether oxygens (including phenoxy) is 4. The van der Waals surface area contributed by atoms with Crippen LogP contribution in [0.5, 0.6) is 23.0 Å². The number of nitrogens with zero attached hydrogens (tertiary/aromatic N) is 2. The Hall–Kier alpha value is -6.12. The highest BCUT2D eigenvalue weighted by Crippen LogP contribution is 2.44. The molecule has 4 N–H and O–H groups in total. The molecular formula is C92H148N4O10. The fourth-order valence-electron chi connectivity index (χ4n) is 14.1. The lowest BCUT2D eigenvalue weighted by atomic mass is 9.79. The first-order valence-corrected chi connectivity index (χ1v) is 42.0. The van der Waals surface area contributed by atoms with Gasteiger partial charge in [0.05, 0.1) is 13.2 Å². The highest BCUT2D eigenvalue weighted by molar-refractivity contribution is 5.80. The molecule has 1 aliphatic rings. The lowest BCUT2D eigenvalue weighted by Gasteiger charge is -2.28. The van der Waals surface area contributed by atoms with Crippen LogP contribution in [0.15, 0.2) is 48.5 Å². The molecule has 14 heteroatoms. The van der Waals surface area contributed by atoms with Crippen LogP contribution in [-0.4, -0.2) is 123 Å². The predicted octanol–water partition coefficient (Wildman–Crippen LogP) is 20.6. The van der Waals surface area contributed by atoms with Crippen LogP contribution in [0.3, 0.4) is 0 Å². The number of aromatic hydroxyl groups is 2. The number of amides is 4. The van der Waals surface area contributed by atoms with Crippen molar-refractivity contribution in [3.8, 4) is 23.0 Å². The number of nitrogens with one attached hydrogen (secondary N) is 2. The first kappa shape index (κ1) is 90.5. The van der Waals surface area contributed by atoms with E-state index in [0.29, 0.717) is 77.7 Å². The predicted molar refractivity (Wildman–Crippen MR) is 439 cm³/mol. The molecule has 14 nitrogen and oxygen atoms in total. The molecule has 0 aliphatic heterocycles. The number of rotatable bonds is 48. The van der Waals surface area contributed by atoms with Crippen LogP contribution in [0.1, 0.15) is 357 Å². The van der Waals surface area contributed by atoms with Crippen LogP contribution in [0, 0.1) is 0 Å². The summed E-state index contributed by atoms with van der Waals surface area (Å²) in [4.78, 5) is 57.3. The number of hydrogen-bond acceptors (Lipinski definition) is 10. The summed E-state index contributed by atoms with van der Waals surface area (Å²) in [7, 11) is 0. The Balaban J connectivity index is 1.38. The van der Waals surface area contributed by atoms with E-state index in [2.05, 4.69) is 170 Å². The van der Waals surface area contributed by atoms with Gasteiger partial charge in [-0.15, -0.1) is 0 Å². The Bertz CT molecular complexity index is 2930. The summed E-state index contributed by atoms with van der Waals surface area (Å²) in [5.74, 6) is 1.30. The van der Waals surface area contributed by atoms with Crippen LogP contribution in [0.2, 0.25) is 0 Å². The number of phenolic OH excluding ortho intramolecular Hbond substituents is 2. The van der Waals surface area contributed by atoms with E-state index in [1.165, 1.54) is 103 Å². The van der Waals surface area contributed by atoms with Gasteiger partial charge in [0.25, 0.3) is 0 Å². The second-order valence-electron chi connectivity index (χ2n) is 34.9. The number of hydrogen-bond donors (Lipinski definition) is 4. The maximum atomic E-state index is 13.5. The zero-order valence-electron chi connectivity index (χ0n) is 69.8. The molecule has 0 heterocycles.